The number of rotatable bonds is 2. The lowest BCUT2D eigenvalue weighted by molar-refractivity contribution is -0.158. The molecule has 0 aromatic heterocycles. The van der Waals surface area contributed by atoms with Gasteiger partial charge in [0.15, 0.2) is 0 Å². The van der Waals surface area contributed by atoms with Crippen molar-refractivity contribution in [2.45, 2.75) is 12.8 Å². The summed E-state index contributed by atoms with van der Waals surface area (Å²) in [4.78, 5) is 0. The van der Waals surface area contributed by atoms with Crippen LogP contribution in [0, 0.1) is 0 Å². The van der Waals surface area contributed by atoms with Crippen molar-refractivity contribution in [1.82, 2.24) is 5.32 Å². The van der Waals surface area contributed by atoms with E-state index >= 15 is 0 Å². The van der Waals surface area contributed by atoms with Crippen molar-refractivity contribution in [3.8, 4) is 5.75 Å². The van der Waals surface area contributed by atoms with E-state index in [1.807, 2.05) is 0 Å². The highest BCUT2D eigenvalue weighted by Gasteiger charge is 2.25. The quantitative estimate of drug-likeness (QED) is 0.701. The zero-order valence-corrected chi connectivity index (χ0v) is 6.60. The van der Waals surface area contributed by atoms with Gasteiger partial charge < -0.3 is 5.11 Å². The first-order valence-corrected chi connectivity index (χ1v) is 3.57. The molecule has 0 saturated heterocycles. The van der Waals surface area contributed by atoms with Crippen LogP contribution in [0.1, 0.15) is 5.56 Å². The molecule has 72 valence electrons. The number of alkyl halides is 3. The molecule has 0 fully saturated rings. The third-order valence-corrected chi connectivity index (χ3v) is 1.43. The largest absolute Gasteiger partial charge is 0.508 e. The fourth-order valence-corrected chi connectivity index (χ4v) is 0.816. The monoisotopic (exact) mass is 191 g/mol. The van der Waals surface area contributed by atoms with E-state index in [1.54, 1.807) is 0 Å². The van der Waals surface area contributed by atoms with Gasteiger partial charge in [-0.2, -0.15) is 13.2 Å². The van der Waals surface area contributed by atoms with Crippen LogP contribution in [0.3, 0.4) is 0 Å². The smallest absolute Gasteiger partial charge is 0.457 e. The first-order chi connectivity index (χ1) is 5.97. The summed E-state index contributed by atoms with van der Waals surface area (Å²) < 4.78 is 35.0. The van der Waals surface area contributed by atoms with Crippen molar-refractivity contribution in [1.29, 1.82) is 0 Å². The predicted molar refractivity (Wildman–Crippen MR) is 41.0 cm³/mol. The Morgan fingerprint density at radius 2 is 1.69 bits per heavy atom. The summed E-state index contributed by atoms with van der Waals surface area (Å²) in [6, 6.07) is 5.53. The van der Waals surface area contributed by atoms with Crippen molar-refractivity contribution in [3.63, 3.8) is 0 Å². The maximum Gasteiger partial charge on any atom is 0.457 e. The van der Waals surface area contributed by atoms with Crippen LogP contribution in [-0.2, 0) is 6.54 Å². The third kappa shape index (κ3) is 3.80. The summed E-state index contributed by atoms with van der Waals surface area (Å²) >= 11 is 0. The molecule has 5 heteroatoms. The highest BCUT2D eigenvalue weighted by atomic mass is 19.4. The van der Waals surface area contributed by atoms with Crippen molar-refractivity contribution in [2.24, 2.45) is 0 Å². The van der Waals surface area contributed by atoms with Gasteiger partial charge in [0.25, 0.3) is 0 Å². The molecule has 0 bridgehead atoms. The Labute approximate surface area is 73.0 Å². The number of halogens is 3. The summed E-state index contributed by atoms with van der Waals surface area (Å²) in [5.74, 6) is 0.0377. The number of phenols is 1. The Hall–Kier alpha value is -1.23. The summed E-state index contributed by atoms with van der Waals surface area (Å²) in [5, 5.41) is 10.2. The molecule has 1 rings (SSSR count). The minimum Gasteiger partial charge on any atom is -0.508 e. The Balaban J connectivity index is 2.51. The second kappa shape index (κ2) is 3.66. The normalized spacial score (nSPS) is 11.6. The highest BCUT2D eigenvalue weighted by Crippen LogP contribution is 2.13. The van der Waals surface area contributed by atoms with Crippen LogP contribution in [0.15, 0.2) is 24.3 Å². The fraction of sp³-hybridized carbons (Fsp3) is 0.250. The second-order valence-corrected chi connectivity index (χ2v) is 2.52. The number of benzene rings is 1. The van der Waals surface area contributed by atoms with Gasteiger partial charge in [-0.15, -0.1) is 0 Å². The molecule has 0 aliphatic rings. The number of phenolic OH excluding ortho intramolecular Hbond substituents is 1. The van der Waals surface area contributed by atoms with Crippen molar-refractivity contribution in [2.75, 3.05) is 0 Å². The first kappa shape index (κ1) is 9.85. The summed E-state index contributed by atoms with van der Waals surface area (Å²) in [6.45, 7) is -0.288. The zero-order valence-electron chi connectivity index (χ0n) is 6.60. The molecule has 0 heterocycles. The second-order valence-electron chi connectivity index (χ2n) is 2.52. The average molecular weight is 191 g/mol. The topological polar surface area (TPSA) is 32.3 Å². The molecule has 13 heavy (non-hydrogen) atoms. The molecule has 0 unspecified atom stereocenters. The molecule has 1 aromatic rings. The number of hydrogen-bond acceptors (Lipinski definition) is 2. The Kier molecular flexibility index (Phi) is 2.77. The van der Waals surface area contributed by atoms with E-state index in [1.165, 1.54) is 29.6 Å². The molecule has 2 nitrogen and oxygen atoms in total. The van der Waals surface area contributed by atoms with Crippen molar-refractivity contribution in [3.05, 3.63) is 29.8 Å². The van der Waals surface area contributed by atoms with Crippen LogP contribution in [0.4, 0.5) is 13.2 Å². The van der Waals surface area contributed by atoms with Gasteiger partial charge in [0.05, 0.1) is 0 Å². The van der Waals surface area contributed by atoms with E-state index in [9.17, 15) is 13.2 Å². The van der Waals surface area contributed by atoms with Crippen LogP contribution in [-0.4, -0.2) is 11.4 Å². The SMILES string of the molecule is Oc1ccc(CNC(F)(F)F)cc1. The first-order valence-electron chi connectivity index (χ1n) is 3.57. The van der Waals surface area contributed by atoms with Gasteiger partial charge in [-0.05, 0) is 17.7 Å². The van der Waals surface area contributed by atoms with Crippen LogP contribution in [0.5, 0.6) is 5.75 Å². The molecule has 0 atom stereocenters. The minimum absolute atomic E-state index is 0.0377. The van der Waals surface area contributed by atoms with Crippen LogP contribution >= 0.6 is 0 Å². The van der Waals surface area contributed by atoms with Gasteiger partial charge in [0, 0.05) is 6.54 Å². The maximum absolute atomic E-state index is 11.7. The minimum atomic E-state index is -4.36. The van der Waals surface area contributed by atoms with Crippen LogP contribution in [0.25, 0.3) is 0 Å². The highest BCUT2D eigenvalue weighted by molar-refractivity contribution is 5.25. The van der Waals surface area contributed by atoms with Gasteiger partial charge in [-0.3, -0.25) is 0 Å². The van der Waals surface area contributed by atoms with Crippen LogP contribution < -0.4 is 5.32 Å². The Morgan fingerprint density at radius 1 is 1.15 bits per heavy atom. The molecule has 0 spiro atoms. The average Bonchev–Trinajstić information content (AvgIpc) is 2.02. The molecule has 0 saturated carbocycles. The molecule has 1 aromatic carbocycles. The summed E-state index contributed by atoms with van der Waals surface area (Å²) in [7, 11) is 0. The van der Waals surface area contributed by atoms with Gasteiger partial charge in [0.1, 0.15) is 5.75 Å². The molecular formula is C8H8F3NO. The fourth-order valence-electron chi connectivity index (χ4n) is 0.816. The lowest BCUT2D eigenvalue weighted by atomic mass is 10.2. The predicted octanol–water partition coefficient (Wildman–Crippen LogP) is 2.00. The molecule has 0 amide bonds. The maximum atomic E-state index is 11.7. The number of aromatic hydroxyl groups is 1. The van der Waals surface area contributed by atoms with Gasteiger partial charge in [-0.25, -0.2) is 5.32 Å². The molecule has 0 aliphatic carbocycles. The standard InChI is InChI=1S/C8H8F3NO/c9-8(10,11)12-5-6-1-3-7(13)4-2-6/h1-4,12-13H,5H2. The Morgan fingerprint density at radius 3 is 2.15 bits per heavy atom. The molecule has 0 aliphatic heterocycles. The molecule has 2 N–H and O–H groups in total. The van der Waals surface area contributed by atoms with E-state index in [-0.39, 0.29) is 12.3 Å². The Bertz CT molecular complexity index is 268. The van der Waals surface area contributed by atoms with E-state index in [2.05, 4.69) is 0 Å². The van der Waals surface area contributed by atoms with Crippen LogP contribution in [0.2, 0.25) is 0 Å². The summed E-state index contributed by atoms with van der Waals surface area (Å²) in [6.07, 6.45) is -4.36. The molecular weight excluding hydrogens is 183 g/mol. The third-order valence-electron chi connectivity index (χ3n) is 1.43. The van der Waals surface area contributed by atoms with E-state index < -0.39 is 6.30 Å². The van der Waals surface area contributed by atoms with E-state index in [4.69, 9.17) is 5.11 Å². The van der Waals surface area contributed by atoms with E-state index in [0.717, 1.165) is 0 Å². The van der Waals surface area contributed by atoms with Gasteiger partial charge >= 0.3 is 6.30 Å². The lowest BCUT2D eigenvalue weighted by Crippen LogP contribution is -2.30. The number of nitrogens with one attached hydrogen (secondary N) is 1. The van der Waals surface area contributed by atoms with E-state index in [0.29, 0.717) is 5.56 Å². The zero-order chi connectivity index (χ0) is 9.90. The van der Waals surface area contributed by atoms with Crippen molar-refractivity contribution >= 4 is 0 Å². The van der Waals surface area contributed by atoms with Gasteiger partial charge in [0.2, 0.25) is 0 Å². The van der Waals surface area contributed by atoms with Gasteiger partial charge in [-0.1, -0.05) is 12.1 Å². The van der Waals surface area contributed by atoms with Crippen molar-refractivity contribution < 1.29 is 18.3 Å². The lowest BCUT2D eigenvalue weighted by Gasteiger charge is -2.07. The summed E-state index contributed by atoms with van der Waals surface area (Å²) in [5.41, 5.74) is 0.468. The molecule has 0 radical (unpaired) electrons. The number of hydrogen-bond donors (Lipinski definition) is 2.